The Kier molecular flexibility index (Phi) is 15.6. The Morgan fingerprint density at radius 2 is 1.09 bits per heavy atom. The van der Waals surface area contributed by atoms with Crippen molar-refractivity contribution in [3.8, 4) is 0 Å². The highest BCUT2D eigenvalue weighted by molar-refractivity contribution is 7.93. The van der Waals surface area contributed by atoms with Crippen molar-refractivity contribution in [1.82, 2.24) is 19.9 Å². The van der Waals surface area contributed by atoms with Crippen LogP contribution < -0.4 is 9.03 Å². The number of aromatic nitrogens is 4. The van der Waals surface area contributed by atoms with Gasteiger partial charge in [0.05, 0.1) is 42.3 Å². The first-order valence-electron chi connectivity index (χ1n) is 19.2. The number of sulfonamides is 2. The van der Waals surface area contributed by atoms with Crippen LogP contribution in [0.1, 0.15) is 76.9 Å². The van der Waals surface area contributed by atoms with Crippen LogP contribution in [0.3, 0.4) is 0 Å². The van der Waals surface area contributed by atoms with Gasteiger partial charge in [0.2, 0.25) is 11.6 Å². The predicted molar refractivity (Wildman–Crippen MR) is 237 cm³/mol. The number of benzene rings is 2. The van der Waals surface area contributed by atoms with E-state index in [0.29, 0.717) is 50.1 Å². The van der Waals surface area contributed by atoms with Gasteiger partial charge in [0.15, 0.2) is 0 Å². The van der Waals surface area contributed by atoms with Crippen LogP contribution in [0, 0.1) is 41.5 Å². The smallest absolute Gasteiger partial charge is 0.363 e. The van der Waals surface area contributed by atoms with Crippen molar-refractivity contribution in [3.63, 3.8) is 0 Å². The molecular formula is C44H38Cl2F6N6O7S2. The summed E-state index contributed by atoms with van der Waals surface area (Å²) in [7, 11) is -7.94. The molecule has 0 aliphatic heterocycles. The molecule has 6 aromatic rings. The maximum absolute atomic E-state index is 13.6. The van der Waals surface area contributed by atoms with Gasteiger partial charge in [0.25, 0.3) is 20.0 Å². The molecule has 0 fully saturated rings. The maximum atomic E-state index is 13.6. The van der Waals surface area contributed by atoms with Crippen LogP contribution in [0.2, 0.25) is 10.0 Å². The van der Waals surface area contributed by atoms with E-state index in [4.69, 9.17) is 27.9 Å². The van der Waals surface area contributed by atoms with Gasteiger partial charge in [-0.25, -0.2) is 21.1 Å². The number of carbonyl (C=O) groups excluding carboxylic acids is 2. The van der Waals surface area contributed by atoms with E-state index >= 15 is 0 Å². The SMILES string of the molecule is COCN(c1cc(C)cnc1C(=O)c1c(C)ccnc1C)S(=O)(=O)c1ccc(Cl)c(C(F)(F)F)c1.Cc1cnc(C(=O)c2c(C)ccnc2C)c(NS(=O)(=O)c2ccc(Cl)c(C(F)(F)F)c2)c1. The summed E-state index contributed by atoms with van der Waals surface area (Å²) in [5.41, 5.74) is 0.269. The maximum Gasteiger partial charge on any atom is 0.417 e. The van der Waals surface area contributed by atoms with Crippen molar-refractivity contribution in [2.45, 2.75) is 63.7 Å². The first kappa shape index (κ1) is 52.0. The summed E-state index contributed by atoms with van der Waals surface area (Å²) in [5.74, 6) is -1.16. The molecule has 6 rings (SSSR count). The molecule has 0 amide bonds. The molecule has 4 aromatic heterocycles. The molecule has 1 N–H and O–H groups in total. The highest BCUT2D eigenvalue weighted by Gasteiger charge is 2.38. The number of alkyl halides is 6. The van der Waals surface area contributed by atoms with Crippen molar-refractivity contribution in [1.29, 1.82) is 0 Å². The van der Waals surface area contributed by atoms with Crippen molar-refractivity contribution in [3.05, 3.63) is 163 Å². The number of ketones is 2. The summed E-state index contributed by atoms with van der Waals surface area (Å²) >= 11 is 11.2. The molecule has 0 aliphatic rings. The third-order valence-electron chi connectivity index (χ3n) is 9.75. The summed E-state index contributed by atoms with van der Waals surface area (Å²) < 4.78 is 141. The predicted octanol–water partition coefficient (Wildman–Crippen LogP) is 10.2. The van der Waals surface area contributed by atoms with Crippen LogP contribution >= 0.6 is 23.2 Å². The number of ether oxygens (including phenoxy) is 1. The van der Waals surface area contributed by atoms with Crippen molar-refractivity contribution >= 4 is 66.2 Å². The molecule has 0 spiro atoms. The molecule has 0 saturated heterocycles. The second kappa shape index (κ2) is 20.1. The molecule has 23 heteroatoms. The van der Waals surface area contributed by atoms with E-state index in [1.54, 1.807) is 53.7 Å². The topological polar surface area (TPSA) is 178 Å². The minimum Gasteiger partial charge on any atom is -0.363 e. The quantitative estimate of drug-likeness (QED) is 0.0701. The highest BCUT2D eigenvalue weighted by Crippen LogP contribution is 2.39. The van der Waals surface area contributed by atoms with E-state index in [1.165, 1.54) is 44.0 Å². The molecule has 13 nitrogen and oxygen atoms in total. The molecule has 0 aliphatic carbocycles. The van der Waals surface area contributed by atoms with E-state index in [9.17, 15) is 52.8 Å². The minimum atomic E-state index is -4.88. The zero-order chi connectivity index (χ0) is 50.0. The zero-order valence-electron chi connectivity index (χ0n) is 36.2. The fourth-order valence-corrected chi connectivity index (χ4v) is 9.48. The van der Waals surface area contributed by atoms with Crippen molar-refractivity contribution in [2.75, 3.05) is 22.9 Å². The zero-order valence-corrected chi connectivity index (χ0v) is 39.4. The van der Waals surface area contributed by atoms with Gasteiger partial charge in [-0.3, -0.25) is 34.2 Å². The van der Waals surface area contributed by atoms with Gasteiger partial charge >= 0.3 is 12.4 Å². The molecule has 4 heterocycles. The Balaban J connectivity index is 0.000000252. The third-order valence-corrected chi connectivity index (χ3v) is 13.5. The van der Waals surface area contributed by atoms with Gasteiger partial charge in [-0.05, 0) is 124 Å². The number of nitrogens with zero attached hydrogens (tertiary/aromatic N) is 5. The van der Waals surface area contributed by atoms with Gasteiger partial charge in [0, 0.05) is 54.4 Å². The third kappa shape index (κ3) is 11.6. The number of halogens is 8. The van der Waals surface area contributed by atoms with Crippen LogP contribution in [-0.4, -0.2) is 62.2 Å². The number of nitrogens with one attached hydrogen (secondary N) is 1. The fourth-order valence-electron chi connectivity index (χ4n) is 6.55. The lowest BCUT2D eigenvalue weighted by Crippen LogP contribution is -2.35. The standard InChI is InChI=1S/C23H21ClF3N3O4S.C21H17ClF3N3O3S/c1-13-9-19(21(29-11-13)22(31)20-14(2)7-8-28-15(20)3)30(12-34-4)35(32,33)16-5-6-18(24)17(10-16)23(25,26)27;1-11-8-17(19(27-10-11)20(29)18-12(2)6-7-26-13(18)3)28-32(30,31)14-4-5-16(22)15(9-14)21(23,24)25/h5-11H,12H2,1-4H3;4-10,28H,1-3H3. The largest absolute Gasteiger partial charge is 0.417 e. The molecule has 0 unspecified atom stereocenters. The summed E-state index contributed by atoms with van der Waals surface area (Å²) in [6, 6.07) is 10.5. The van der Waals surface area contributed by atoms with E-state index in [2.05, 4.69) is 24.7 Å². The molecule has 0 bridgehead atoms. The molecule has 0 radical (unpaired) electrons. The number of pyridine rings is 4. The van der Waals surface area contributed by atoms with Gasteiger partial charge in [-0.1, -0.05) is 23.2 Å². The van der Waals surface area contributed by atoms with E-state index in [0.717, 1.165) is 24.3 Å². The first-order valence-corrected chi connectivity index (χ1v) is 22.9. The van der Waals surface area contributed by atoms with E-state index in [-0.39, 0.29) is 33.9 Å². The summed E-state index contributed by atoms with van der Waals surface area (Å²) in [5, 5.41) is -1.28. The van der Waals surface area contributed by atoms with Crippen molar-refractivity contribution < 1.29 is 57.5 Å². The Hall–Kier alpha value is -6.00. The van der Waals surface area contributed by atoms with Gasteiger partial charge < -0.3 is 4.74 Å². The highest BCUT2D eigenvalue weighted by atomic mass is 35.5. The van der Waals surface area contributed by atoms with Crippen LogP contribution in [0.15, 0.2) is 95.2 Å². The average Bonchev–Trinajstić information content (AvgIpc) is 3.22. The average molecular weight is 1010 g/mol. The minimum absolute atomic E-state index is 0.150. The number of hydrogen-bond acceptors (Lipinski definition) is 11. The normalized spacial score (nSPS) is 12.0. The monoisotopic (exact) mass is 1010 g/mol. The van der Waals surface area contributed by atoms with Gasteiger partial charge in [-0.2, -0.15) is 26.3 Å². The molecular weight excluding hydrogens is 974 g/mol. The van der Waals surface area contributed by atoms with Crippen molar-refractivity contribution in [2.24, 2.45) is 0 Å². The van der Waals surface area contributed by atoms with Crippen LogP contribution in [0.5, 0.6) is 0 Å². The molecule has 354 valence electrons. The summed E-state index contributed by atoms with van der Waals surface area (Å²) in [6.07, 6.45) is -3.88. The summed E-state index contributed by atoms with van der Waals surface area (Å²) in [4.78, 5) is 41.8. The Labute approximate surface area is 391 Å². The van der Waals surface area contributed by atoms with Gasteiger partial charge in [-0.15, -0.1) is 0 Å². The molecule has 67 heavy (non-hydrogen) atoms. The van der Waals surface area contributed by atoms with E-state index in [1.807, 2.05) is 0 Å². The number of methoxy groups -OCH3 is 1. The Morgan fingerprint density at radius 1 is 0.642 bits per heavy atom. The summed E-state index contributed by atoms with van der Waals surface area (Å²) in [6.45, 7) is 9.33. The lowest BCUT2D eigenvalue weighted by molar-refractivity contribution is -0.138. The second-order valence-corrected chi connectivity index (χ2v) is 19.1. The van der Waals surface area contributed by atoms with E-state index < -0.39 is 81.7 Å². The molecule has 2 aromatic carbocycles. The Bertz CT molecular complexity index is 3100. The number of aryl methyl sites for hydroxylation is 6. The van der Waals surface area contributed by atoms with Gasteiger partial charge in [0.1, 0.15) is 18.1 Å². The fraction of sp³-hybridized carbons (Fsp3) is 0.227. The second-order valence-electron chi connectivity index (χ2n) is 14.8. The van der Waals surface area contributed by atoms with Crippen LogP contribution in [-0.2, 0) is 37.1 Å². The number of rotatable bonds is 12. The number of carbonyl (C=O) groups is 2. The van der Waals surface area contributed by atoms with Crippen LogP contribution in [0.4, 0.5) is 37.7 Å². The lowest BCUT2D eigenvalue weighted by Gasteiger charge is -2.26. The number of hydrogen-bond donors (Lipinski definition) is 1. The molecule has 0 atom stereocenters. The number of anilines is 2. The lowest BCUT2D eigenvalue weighted by atomic mass is 10.00. The Morgan fingerprint density at radius 3 is 1.57 bits per heavy atom. The molecule has 0 saturated carbocycles. The first-order chi connectivity index (χ1) is 31.1. The van der Waals surface area contributed by atoms with Crippen LogP contribution in [0.25, 0.3) is 0 Å².